The lowest BCUT2D eigenvalue weighted by Crippen LogP contribution is -2.33. The van der Waals surface area contributed by atoms with Crippen molar-refractivity contribution in [1.82, 2.24) is 5.32 Å². The van der Waals surface area contributed by atoms with Crippen LogP contribution in [0.25, 0.3) is 0 Å². The molecule has 1 saturated carbocycles. The van der Waals surface area contributed by atoms with Crippen molar-refractivity contribution >= 4 is 11.9 Å². The first-order chi connectivity index (χ1) is 8.08. The second-order valence-corrected chi connectivity index (χ2v) is 5.09. The maximum absolute atomic E-state index is 11.6. The van der Waals surface area contributed by atoms with Gasteiger partial charge in [-0.1, -0.05) is 25.7 Å². The van der Waals surface area contributed by atoms with E-state index in [-0.39, 0.29) is 18.4 Å². The molecule has 0 heterocycles. The number of carbonyl (C=O) groups excluding carboxylic acids is 1. The van der Waals surface area contributed by atoms with Crippen molar-refractivity contribution in [3.63, 3.8) is 0 Å². The van der Waals surface area contributed by atoms with Crippen molar-refractivity contribution < 1.29 is 14.7 Å². The standard InChI is InChI=1S/C13H23NO3/c1-10(6-9-13(16)17)14-12(15)8-7-11-4-2-3-5-11/h10-11H,2-9H2,1H3,(H,14,15)(H,16,17). The molecule has 0 radical (unpaired) electrons. The molecule has 0 aromatic rings. The van der Waals surface area contributed by atoms with Gasteiger partial charge in [-0.2, -0.15) is 0 Å². The SMILES string of the molecule is CC(CCC(=O)O)NC(=O)CCC1CCCC1. The van der Waals surface area contributed by atoms with Gasteiger partial charge in [0.2, 0.25) is 5.91 Å². The highest BCUT2D eigenvalue weighted by molar-refractivity contribution is 5.76. The maximum Gasteiger partial charge on any atom is 0.303 e. The summed E-state index contributed by atoms with van der Waals surface area (Å²) in [5.74, 6) is -0.0121. The van der Waals surface area contributed by atoms with E-state index in [1.54, 1.807) is 0 Å². The van der Waals surface area contributed by atoms with E-state index >= 15 is 0 Å². The van der Waals surface area contributed by atoms with Crippen LogP contribution in [0, 0.1) is 5.92 Å². The highest BCUT2D eigenvalue weighted by atomic mass is 16.4. The minimum absolute atomic E-state index is 0.0396. The topological polar surface area (TPSA) is 66.4 Å². The number of nitrogens with one attached hydrogen (secondary N) is 1. The lowest BCUT2D eigenvalue weighted by Gasteiger charge is -2.14. The first-order valence-corrected chi connectivity index (χ1v) is 6.59. The van der Waals surface area contributed by atoms with Crippen LogP contribution in [0.5, 0.6) is 0 Å². The van der Waals surface area contributed by atoms with Gasteiger partial charge in [-0.05, 0) is 25.7 Å². The van der Waals surface area contributed by atoms with Gasteiger partial charge < -0.3 is 10.4 Å². The largest absolute Gasteiger partial charge is 0.481 e. The number of aliphatic carboxylic acids is 1. The molecule has 1 amide bonds. The first-order valence-electron chi connectivity index (χ1n) is 6.59. The molecular weight excluding hydrogens is 218 g/mol. The van der Waals surface area contributed by atoms with Crippen molar-refractivity contribution in [1.29, 1.82) is 0 Å². The zero-order valence-corrected chi connectivity index (χ0v) is 10.6. The Hall–Kier alpha value is -1.06. The van der Waals surface area contributed by atoms with Crippen molar-refractivity contribution in [2.45, 2.75) is 64.3 Å². The monoisotopic (exact) mass is 241 g/mol. The van der Waals surface area contributed by atoms with E-state index in [1.807, 2.05) is 6.92 Å². The van der Waals surface area contributed by atoms with Gasteiger partial charge >= 0.3 is 5.97 Å². The van der Waals surface area contributed by atoms with Crippen molar-refractivity contribution in [2.24, 2.45) is 5.92 Å². The summed E-state index contributed by atoms with van der Waals surface area (Å²) in [6.07, 6.45) is 7.33. The number of carboxylic acids is 1. The predicted octanol–water partition coefficient (Wildman–Crippen LogP) is 2.33. The number of hydrogen-bond acceptors (Lipinski definition) is 2. The van der Waals surface area contributed by atoms with Gasteiger partial charge in [-0.3, -0.25) is 9.59 Å². The van der Waals surface area contributed by atoms with Crippen LogP contribution < -0.4 is 5.32 Å². The van der Waals surface area contributed by atoms with Crippen molar-refractivity contribution in [3.05, 3.63) is 0 Å². The summed E-state index contributed by atoms with van der Waals surface area (Å²) in [4.78, 5) is 22.0. The average molecular weight is 241 g/mol. The van der Waals surface area contributed by atoms with Crippen LogP contribution in [0.3, 0.4) is 0 Å². The Morgan fingerprint density at radius 2 is 1.94 bits per heavy atom. The molecule has 0 aromatic carbocycles. The van der Waals surface area contributed by atoms with E-state index in [2.05, 4.69) is 5.32 Å². The minimum atomic E-state index is -0.808. The third-order valence-corrected chi connectivity index (χ3v) is 3.45. The molecule has 0 aliphatic heterocycles. The average Bonchev–Trinajstić information content (AvgIpc) is 2.76. The van der Waals surface area contributed by atoms with Crippen LogP contribution in [0.2, 0.25) is 0 Å². The predicted molar refractivity (Wildman–Crippen MR) is 65.7 cm³/mol. The highest BCUT2D eigenvalue weighted by Gasteiger charge is 2.16. The van der Waals surface area contributed by atoms with Gasteiger partial charge in [-0.25, -0.2) is 0 Å². The maximum atomic E-state index is 11.6. The van der Waals surface area contributed by atoms with Crippen molar-refractivity contribution in [3.8, 4) is 0 Å². The van der Waals surface area contributed by atoms with Crippen LogP contribution in [0.4, 0.5) is 0 Å². The Morgan fingerprint density at radius 3 is 2.53 bits per heavy atom. The third-order valence-electron chi connectivity index (χ3n) is 3.45. The van der Waals surface area contributed by atoms with Crippen molar-refractivity contribution in [2.75, 3.05) is 0 Å². The second kappa shape index (κ2) is 7.30. The molecule has 98 valence electrons. The summed E-state index contributed by atoms with van der Waals surface area (Å²) in [5.41, 5.74) is 0. The van der Waals surface area contributed by atoms with Gasteiger partial charge in [0.15, 0.2) is 0 Å². The van der Waals surface area contributed by atoms with Gasteiger partial charge in [0.1, 0.15) is 0 Å². The van der Waals surface area contributed by atoms with Crippen LogP contribution in [-0.2, 0) is 9.59 Å². The van der Waals surface area contributed by atoms with Crippen LogP contribution in [0.15, 0.2) is 0 Å². The lowest BCUT2D eigenvalue weighted by molar-refractivity contribution is -0.137. The molecule has 1 rings (SSSR count). The molecule has 0 saturated heterocycles. The summed E-state index contributed by atoms with van der Waals surface area (Å²) in [6.45, 7) is 1.86. The fourth-order valence-electron chi connectivity index (χ4n) is 2.39. The lowest BCUT2D eigenvalue weighted by atomic mass is 10.0. The molecule has 0 spiro atoms. The van der Waals surface area contributed by atoms with Crippen LogP contribution in [-0.4, -0.2) is 23.0 Å². The number of carbonyl (C=O) groups is 2. The number of hydrogen-bond donors (Lipinski definition) is 2. The van der Waals surface area contributed by atoms with Gasteiger partial charge in [0.05, 0.1) is 0 Å². The van der Waals surface area contributed by atoms with Gasteiger partial charge in [-0.15, -0.1) is 0 Å². The smallest absolute Gasteiger partial charge is 0.303 e. The Kier molecular flexibility index (Phi) is 6.01. The second-order valence-electron chi connectivity index (χ2n) is 5.09. The Balaban J connectivity index is 2.08. The molecule has 1 fully saturated rings. The fourth-order valence-corrected chi connectivity index (χ4v) is 2.39. The van der Waals surface area contributed by atoms with E-state index < -0.39 is 5.97 Å². The molecule has 2 N–H and O–H groups in total. The van der Waals surface area contributed by atoms with Crippen LogP contribution >= 0.6 is 0 Å². The van der Waals surface area contributed by atoms with Crippen LogP contribution in [0.1, 0.15) is 58.3 Å². The van der Waals surface area contributed by atoms with E-state index in [0.717, 1.165) is 12.3 Å². The molecule has 1 aliphatic carbocycles. The molecule has 17 heavy (non-hydrogen) atoms. The zero-order valence-electron chi connectivity index (χ0n) is 10.6. The quantitative estimate of drug-likeness (QED) is 0.719. The Labute approximate surface area is 103 Å². The fraction of sp³-hybridized carbons (Fsp3) is 0.846. The molecule has 4 nitrogen and oxygen atoms in total. The molecule has 4 heteroatoms. The first kappa shape index (κ1) is 14.0. The molecule has 1 unspecified atom stereocenters. The summed E-state index contributed by atoms with van der Waals surface area (Å²) >= 11 is 0. The Morgan fingerprint density at radius 1 is 1.29 bits per heavy atom. The molecule has 0 aromatic heterocycles. The molecule has 1 atom stereocenters. The summed E-state index contributed by atoms with van der Waals surface area (Å²) in [7, 11) is 0. The molecule has 1 aliphatic rings. The summed E-state index contributed by atoms with van der Waals surface area (Å²) in [6, 6.07) is -0.0396. The normalized spacial score (nSPS) is 17.9. The zero-order chi connectivity index (χ0) is 12.7. The van der Waals surface area contributed by atoms with Gasteiger partial charge in [0.25, 0.3) is 0 Å². The third kappa shape index (κ3) is 6.29. The summed E-state index contributed by atoms with van der Waals surface area (Å²) in [5, 5.41) is 11.4. The van der Waals surface area contributed by atoms with E-state index in [4.69, 9.17) is 5.11 Å². The molecular formula is C13H23NO3. The highest BCUT2D eigenvalue weighted by Crippen LogP contribution is 2.28. The number of rotatable bonds is 7. The Bertz CT molecular complexity index is 259. The van der Waals surface area contributed by atoms with E-state index in [9.17, 15) is 9.59 Å². The minimum Gasteiger partial charge on any atom is -0.481 e. The van der Waals surface area contributed by atoms with Gasteiger partial charge in [0, 0.05) is 18.9 Å². The van der Waals surface area contributed by atoms with E-state index in [0.29, 0.717) is 12.8 Å². The summed E-state index contributed by atoms with van der Waals surface area (Å²) < 4.78 is 0. The van der Waals surface area contributed by atoms with E-state index in [1.165, 1.54) is 25.7 Å². The number of amides is 1. The number of carboxylic acid groups (broad SMARTS) is 1. The molecule has 0 bridgehead atoms.